The lowest BCUT2D eigenvalue weighted by atomic mass is 9.85. The van der Waals surface area contributed by atoms with Crippen molar-refractivity contribution in [2.75, 3.05) is 13.7 Å². The van der Waals surface area contributed by atoms with Crippen LogP contribution in [-0.2, 0) is 4.74 Å². The fourth-order valence-electron chi connectivity index (χ4n) is 2.28. The quantitative estimate of drug-likeness (QED) is 0.668. The Morgan fingerprint density at radius 2 is 1.80 bits per heavy atom. The van der Waals surface area contributed by atoms with E-state index in [0.29, 0.717) is 13.0 Å². The molecular formula is C13H15F4NO2. The van der Waals surface area contributed by atoms with Crippen LogP contribution in [0.3, 0.4) is 0 Å². The number of methoxy groups -OCH3 is 1. The maximum absolute atomic E-state index is 13.5. The molecule has 0 amide bonds. The van der Waals surface area contributed by atoms with E-state index < -0.39 is 41.2 Å². The first-order chi connectivity index (χ1) is 9.49. The number of halogens is 4. The van der Waals surface area contributed by atoms with Crippen molar-refractivity contribution in [2.45, 2.75) is 31.6 Å². The number of rotatable bonds is 5. The molecule has 1 aliphatic rings. The Hall–Kier alpha value is -1.34. The molecule has 0 heterocycles. The second-order valence-electron chi connectivity index (χ2n) is 4.55. The van der Waals surface area contributed by atoms with Crippen LogP contribution in [0.4, 0.5) is 17.6 Å². The second-order valence-corrected chi connectivity index (χ2v) is 4.55. The first-order valence-electron chi connectivity index (χ1n) is 6.25. The summed E-state index contributed by atoms with van der Waals surface area (Å²) in [4.78, 5) is 0. The molecule has 20 heavy (non-hydrogen) atoms. The van der Waals surface area contributed by atoms with Crippen molar-refractivity contribution in [2.24, 2.45) is 0 Å². The molecule has 0 spiro atoms. The van der Waals surface area contributed by atoms with Gasteiger partial charge >= 0.3 is 0 Å². The third-order valence-corrected chi connectivity index (χ3v) is 3.33. The lowest BCUT2D eigenvalue weighted by Gasteiger charge is -2.43. The zero-order chi connectivity index (χ0) is 14.9. The van der Waals surface area contributed by atoms with E-state index in [0.717, 1.165) is 0 Å². The van der Waals surface area contributed by atoms with Crippen LogP contribution in [0.5, 0.6) is 5.75 Å². The highest BCUT2D eigenvalue weighted by Crippen LogP contribution is 2.33. The van der Waals surface area contributed by atoms with Gasteiger partial charge in [0, 0.05) is 25.6 Å². The third-order valence-electron chi connectivity index (χ3n) is 3.33. The zero-order valence-corrected chi connectivity index (χ0v) is 11.1. The fraction of sp³-hybridized carbons (Fsp3) is 0.538. The Kier molecular flexibility index (Phi) is 4.49. The molecule has 0 bridgehead atoms. The van der Waals surface area contributed by atoms with Gasteiger partial charge in [-0.3, -0.25) is 0 Å². The average molecular weight is 293 g/mol. The minimum absolute atomic E-state index is 0.0143. The molecule has 1 N–H and O–H groups in total. The number of hydrogen-bond donors (Lipinski definition) is 1. The molecule has 0 saturated heterocycles. The van der Waals surface area contributed by atoms with Gasteiger partial charge in [0.25, 0.3) is 0 Å². The molecule has 1 aromatic carbocycles. The van der Waals surface area contributed by atoms with Gasteiger partial charge in [-0.25, -0.2) is 8.78 Å². The predicted molar refractivity (Wildman–Crippen MR) is 63.6 cm³/mol. The topological polar surface area (TPSA) is 30.5 Å². The van der Waals surface area contributed by atoms with Gasteiger partial charge in [0.1, 0.15) is 12.2 Å². The minimum Gasteiger partial charge on any atom is -0.481 e. The Bertz CT molecular complexity index is 471. The average Bonchev–Trinajstić information content (AvgIpc) is 2.39. The predicted octanol–water partition coefficient (Wildman–Crippen LogP) is 2.39. The maximum Gasteiger partial charge on any atom is 0.203 e. The van der Waals surface area contributed by atoms with Crippen LogP contribution in [-0.4, -0.2) is 31.9 Å². The van der Waals surface area contributed by atoms with Crippen LogP contribution < -0.4 is 10.1 Å². The first-order valence-corrected chi connectivity index (χ1v) is 6.25. The maximum atomic E-state index is 13.5. The molecular weight excluding hydrogens is 278 g/mol. The minimum atomic E-state index is -1.54. The zero-order valence-electron chi connectivity index (χ0n) is 11.1. The van der Waals surface area contributed by atoms with Gasteiger partial charge in [-0.2, -0.15) is 8.78 Å². The van der Waals surface area contributed by atoms with Gasteiger partial charge in [0.05, 0.1) is 0 Å². The van der Waals surface area contributed by atoms with E-state index >= 15 is 0 Å². The number of likely N-dealkylation sites (N-methyl/N-ethyl adjacent to an activating group) is 1. The summed E-state index contributed by atoms with van der Waals surface area (Å²) in [5.74, 6) is -7.09. The van der Waals surface area contributed by atoms with E-state index in [-0.39, 0.29) is 12.1 Å². The molecule has 2 rings (SSSR count). The fourth-order valence-corrected chi connectivity index (χ4v) is 2.28. The molecule has 1 fully saturated rings. The Labute approximate surface area is 113 Å². The monoisotopic (exact) mass is 293 g/mol. The van der Waals surface area contributed by atoms with Crippen LogP contribution >= 0.6 is 0 Å². The van der Waals surface area contributed by atoms with Crippen molar-refractivity contribution in [3.63, 3.8) is 0 Å². The number of benzene rings is 1. The summed E-state index contributed by atoms with van der Waals surface area (Å²) in [5.41, 5.74) is 0. The number of nitrogens with one attached hydrogen (secondary N) is 1. The van der Waals surface area contributed by atoms with Crippen LogP contribution in [0.15, 0.2) is 6.07 Å². The van der Waals surface area contributed by atoms with Crippen molar-refractivity contribution >= 4 is 0 Å². The third kappa shape index (κ3) is 2.60. The molecule has 0 aliphatic heterocycles. The molecule has 7 heteroatoms. The van der Waals surface area contributed by atoms with E-state index in [1.807, 2.05) is 6.92 Å². The van der Waals surface area contributed by atoms with Crippen LogP contribution in [0.25, 0.3) is 0 Å². The summed E-state index contributed by atoms with van der Waals surface area (Å²) in [5, 5.41) is 3.11. The summed E-state index contributed by atoms with van der Waals surface area (Å²) >= 11 is 0. The highest BCUT2D eigenvalue weighted by atomic mass is 19.2. The summed E-state index contributed by atoms with van der Waals surface area (Å²) in [6.45, 7) is 2.61. The molecule has 0 aromatic heterocycles. The Morgan fingerprint density at radius 3 is 2.30 bits per heavy atom. The first kappa shape index (κ1) is 15.1. The molecule has 112 valence electrons. The highest BCUT2D eigenvalue weighted by Gasteiger charge is 2.43. The van der Waals surface area contributed by atoms with Gasteiger partial charge < -0.3 is 14.8 Å². The summed E-state index contributed by atoms with van der Waals surface area (Å²) in [6.07, 6.45) is -0.655. The van der Waals surface area contributed by atoms with Crippen LogP contribution in [0.1, 0.15) is 13.3 Å². The van der Waals surface area contributed by atoms with Crippen molar-refractivity contribution < 1.29 is 27.0 Å². The van der Waals surface area contributed by atoms with E-state index in [1.54, 1.807) is 0 Å². The molecule has 1 aromatic rings. The largest absolute Gasteiger partial charge is 0.481 e. The van der Waals surface area contributed by atoms with Crippen molar-refractivity contribution in [1.29, 1.82) is 0 Å². The van der Waals surface area contributed by atoms with Crippen molar-refractivity contribution in [1.82, 2.24) is 5.32 Å². The lowest BCUT2D eigenvalue weighted by molar-refractivity contribution is -0.0909. The van der Waals surface area contributed by atoms with E-state index in [1.165, 1.54) is 7.11 Å². The van der Waals surface area contributed by atoms with E-state index in [4.69, 9.17) is 9.47 Å². The van der Waals surface area contributed by atoms with Gasteiger partial charge in [-0.1, -0.05) is 6.92 Å². The van der Waals surface area contributed by atoms with Crippen molar-refractivity contribution in [3.05, 3.63) is 29.3 Å². The SMILES string of the molecule is CCNC1CC(Oc2c(F)c(F)cc(F)c2F)C1OC. The standard InChI is InChI=1S/C13H15F4NO2/c1-3-18-8-5-9(12(8)19-2)20-13-10(16)6(14)4-7(15)11(13)17/h4,8-9,12,18H,3,5H2,1-2H3. The van der Waals surface area contributed by atoms with Gasteiger partial charge in [0.15, 0.2) is 17.4 Å². The Balaban J connectivity index is 2.16. The molecule has 1 aliphatic carbocycles. The molecule has 3 unspecified atom stereocenters. The second kappa shape index (κ2) is 5.97. The molecule has 3 atom stereocenters. The molecule has 1 saturated carbocycles. The van der Waals surface area contributed by atoms with Gasteiger partial charge in [0.2, 0.25) is 11.6 Å². The van der Waals surface area contributed by atoms with E-state index in [9.17, 15) is 17.6 Å². The summed E-state index contributed by atoms with van der Waals surface area (Å²) < 4.78 is 63.3. The summed E-state index contributed by atoms with van der Waals surface area (Å²) in [6, 6.07) is 0.132. The smallest absolute Gasteiger partial charge is 0.203 e. The molecule has 3 nitrogen and oxygen atoms in total. The summed E-state index contributed by atoms with van der Waals surface area (Å²) in [7, 11) is 1.43. The van der Waals surface area contributed by atoms with Crippen LogP contribution in [0, 0.1) is 23.3 Å². The van der Waals surface area contributed by atoms with E-state index in [2.05, 4.69) is 5.32 Å². The van der Waals surface area contributed by atoms with Crippen LogP contribution in [0.2, 0.25) is 0 Å². The van der Waals surface area contributed by atoms with Crippen molar-refractivity contribution in [3.8, 4) is 5.75 Å². The Morgan fingerprint density at radius 1 is 1.20 bits per heavy atom. The number of hydrogen-bond acceptors (Lipinski definition) is 3. The lowest BCUT2D eigenvalue weighted by Crippen LogP contribution is -2.61. The molecule has 0 radical (unpaired) electrons. The highest BCUT2D eigenvalue weighted by molar-refractivity contribution is 5.29. The van der Waals surface area contributed by atoms with Gasteiger partial charge in [-0.05, 0) is 6.54 Å². The normalized spacial score (nSPS) is 25.4. The number of ether oxygens (including phenoxy) is 2. The van der Waals surface area contributed by atoms with Gasteiger partial charge in [-0.15, -0.1) is 0 Å².